The zero-order chi connectivity index (χ0) is 15.7. The van der Waals surface area contributed by atoms with Crippen molar-refractivity contribution in [1.29, 1.82) is 0 Å². The van der Waals surface area contributed by atoms with Crippen LogP contribution in [0.5, 0.6) is 0 Å². The minimum Gasteiger partial charge on any atom is -0.452 e. The molecule has 0 heterocycles. The third kappa shape index (κ3) is 6.15. The molecule has 7 heteroatoms. The van der Waals surface area contributed by atoms with Gasteiger partial charge in [-0.05, 0) is 11.6 Å². The molecule has 0 saturated carbocycles. The van der Waals surface area contributed by atoms with Gasteiger partial charge in [0.15, 0.2) is 6.61 Å². The molecule has 0 aromatic heterocycles. The summed E-state index contributed by atoms with van der Waals surface area (Å²) in [4.78, 5) is 32.6. The van der Waals surface area contributed by atoms with E-state index in [1.807, 2.05) is 0 Å². The number of esters is 1. The smallest absolute Gasteiger partial charge is 0.331 e. The Morgan fingerprint density at radius 2 is 2.19 bits per heavy atom. The molecule has 0 aliphatic rings. The third-order valence-electron chi connectivity index (χ3n) is 2.28. The number of carbonyl (C=O) groups excluding carboxylic acids is 2. The van der Waals surface area contributed by atoms with Crippen LogP contribution in [0.25, 0.3) is 6.08 Å². The molecule has 1 N–H and O–H groups in total. The summed E-state index contributed by atoms with van der Waals surface area (Å²) in [5.41, 5.74) is 0.409. The molecule has 1 amide bonds. The van der Waals surface area contributed by atoms with E-state index in [1.165, 1.54) is 30.4 Å². The topological polar surface area (TPSA) is 98.5 Å². The molecule has 0 aliphatic heterocycles. The highest BCUT2D eigenvalue weighted by Gasteiger charge is 2.05. The number of amides is 1. The van der Waals surface area contributed by atoms with Gasteiger partial charge in [-0.1, -0.05) is 18.2 Å². The Kier molecular flexibility index (Phi) is 6.33. The fourth-order valence-electron chi connectivity index (χ4n) is 1.33. The summed E-state index contributed by atoms with van der Waals surface area (Å²) in [6.45, 7) is 3.32. The van der Waals surface area contributed by atoms with E-state index < -0.39 is 23.4 Å². The van der Waals surface area contributed by atoms with Crippen molar-refractivity contribution in [3.05, 3.63) is 58.7 Å². The number of ether oxygens (including phenoxy) is 1. The summed E-state index contributed by atoms with van der Waals surface area (Å²) in [6.07, 6.45) is 3.97. The van der Waals surface area contributed by atoms with Gasteiger partial charge >= 0.3 is 5.97 Å². The Labute approximate surface area is 121 Å². The van der Waals surface area contributed by atoms with Crippen LogP contribution in [0.1, 0.15) is 5.56 Å². The lowest BCUT2D eigenvalue weighted by atomic mass is 10.2. The van der Waals surface area contributed by atoms with Gasteiger partial charge in [-0.2, -0.15) is 0 Å². The number of nitro benzene ring substituents is 1. The molecule has 0 atom stereocenters. The zero-order valence-electron chi connectivity index (χ0n) is 11.2. The second kappa shape index (κ2) is 8.26. The van der Waals surface area contributed by atoms with E-state index in [0.29, 0.717) is 12.1 Å². The Morgan fingerprint density at radius 1 is 1.43 bits per heavy atom. The van der Waals surface area contributed by atoms with Crippen LogP contribution >= 0.6 is 0 Å². The van der Waals surface area contributed by atoms with Gasteiger partial charge < -0.3 is 10.1 Å². The number of hydrogen-bond donors (Lipinski definition) is 1. The van der Waals surface area contributed by atoms with Crippen molar-refractivity contribution < 1.29 is 19.2 Å². The number of nitrogens with one attached hydrogen (secondary N) is 1. The third-order valence-corrected chi connectivity index (χ3v) is 2.28. The van der Waals surface area contributed by atoms with Crippen molar-refractivity contribution in [2.45, 2.75) is 0 Å². The average molecular weight is 290 g/mol. The second-order valence-electron chi connectivity index (χ2n) is 3.89. The molecule has 21 heavy (non-hydrogen) atoms. The Bertz CT molecular complexity index is 580. The minimum atomic E-state index is -0.713. The van der Waals surface area contributed by atoms with Gasteiger partial charge in [-0.15, -0.1) is 6.58 Å². The van der Waals surface area contributed by atoms with E-state index in [1.54, 1.807) is 6.07 Å². The molecule has 0 radical (unpaired) electrons. The van der Waals surface area contributed by atoms with Crippen molar-refractivity contribution in [3.8, 4) is 0 Å². The molecule has 110 valence electrons. The molecule has 0 unspecified atom stereocenters. The SMILES string of the molecule is C=CCNC(=O)COC(=O)/C=C/c1cccc([N+](=O)[O-])c1. The standard InChI is InChI=1S/C14H14N2O5/c1-2-8-15-13(17)10-21-14(18)7-6-11-4-3-5-12(9-11)16(19)20/h2-7,9H,1,8,10H2,(H,15,17)/b7-6+. The summed E-state index contributed by atoms with van der Waals surface area (Å²) >= 11 is 0. The van der Waals surface area contributed by atoms with Gasteiger partial charge in [0.2, 0.25) is 0 Å². The Hall–Kier alpha value is -2.96. The number of non-ortho nitro benzene ring substituents is 1. The van der Waals surface area contributed by atoms with Crippen LogP contribution in [0.15, 0.2) is 43.0 Å². The minimum absolute atomic E-state index is 0.0747. The molecule has 1 aromatic rings. The molecule has 0 saturated heterocycles. The maximum absolute atomic E-state index is 11.4. The summed E-state index contributed by atoms with van der Waals surface area (Å²) in [7, 11) is 0. The quantitative estimate of drug-likeness (QED) is 0.269. The van der Waals surface area contributed by atoms with Crippen molar-refractivity contribution in [2.75, 3.05) is 13.2 Å². The highest BCUT2D eigenvalue weighted by atomic mass is 16.6. The maximum atomic E-state index is 11.4. The summed E-state index contributed by atoms with van der Waals surface area (Å²) in [5.74, 6) is -1.15. The molecule has 0 spiro atoms. The van der Waals surface area contributed by atoms with Crippen LogP contribution in [0.3, 0.4) is 0 Å². The van der Waals surface area contributed by atoms with E-state index >= 15 is 0 Å². The summed E-state index contributed by atoms with van der Waals surface area (Å²) in [5, 5.41) is 13.0. The van der Waals surface area contributed by atoms with E-state index in [0.717, 1.165) is 6.08 Å². The summed E-state index contributed by atoms with van der Waals surface area (Å²) < 4.78 is 4.69. The molecule has 0 bridgehead atoms. The van der Waals surface area contributed by atoms with Crippen LogP contribution in [0.4, 0.5) is 5.69 Å². The zero-order valence-corrected chi connectivity index (χ0v) is 11.2. The first-order chi connectivity index (χ1) is 10.0. The van der Waals surface area contributed by atoms with Gasteiger partial charge in [0.05, 0.1) is 4.92 Å². The predicted molar refractivity (Wildman–Crippen MR) is 76.3 cm³/mol. The van der Waals surface area contributed by atoms with E-state index in [4.69, 9.17) is 4.74 Å². The van der Waals surface area contributed by atoms with Crippen LogP contribution in [0, 0.1) is 10.1 Å². The van der Waals surface area contributed by atoms with Gasteiger partial charge in [-0.3, -0.25) is 14.9 Å². The fraction of sp³-hybridized carbons (Fsp3) is 0.143. The first kappa shape index (κ1) is 16.1. The number of nitro groups is 1. The lowest BCUT2D eigenvalue weighted by Crippen LogP contribution is -2.28. The monoisotopic (exact) mass is 290 g/mol. The maximum Gasteiger partial charge on any atom is 0.331 e. The highest BCUT2D eigenvalue weighted by Crippen LogP contribution is 2.14. The number of rotatable bonds is 7. The van der Waals surface area contributed by atoms with E-state index in [9.17, 15) is 19.7 Å². The molecule has 0 fully saturated rings. The van der Waals surface area contributed by atoms with Crippen molar-refractivity contribution >= 4 is 23.6 Å². The number of benzene rings is 1. The number of carbonyl (C=O) groups is 2. The van der Waals surface area contributed by atoms with Crippen LogP contribution in [0.2, 0.25) is 0 Å². The average Bonchev–Trinajstić information content (AvgIpc) is 2.49. The normalized spacial score (nSPS) is 10.1. The molecular formula is C14H14N2O5. The van der Waals surface area contributed by atoms with Crippen molar-refractivity contribution in [3.63, 3.8) is 0 Å². The number of nitrogens with zero attached hydrogens (tertiary/aromatic N) is 1. The second-order valence-corrected chi connectivity index (χ2v) is 3.89. The van der Waals surface area contributed by atoms with Crippen molar-refractivity contribution in [1.82, 2.24) is 5.32 Å². The summed E-state index contributed by atoms with van der Waals surface area (Å²) in [6, 6.07) is 5.78. The molecule has 1 rings (SSSR count). The van der Waals surface area contributed by atoms with E-state index in [2.05, 4.69) is 11.9 Å². The highest BCUT2D eigenvalue weighted by molar-refractivity contribution is 5.89. The lowest BCUT2D eigenvalue weighted by molar-refractivity contribution is -0.384. The van der Waals surface area contributed by atoms with Gasteiger partial charge in [0.1, 0.15) is 0 Å². The fourth-order valence-corrected chi connectivity index (χ4v) is 1.33. The molecule has 7 nitrogen and oxygen atoms in total. The van der Waals surface area contributed by atoms with Crippen LogP contribution in [-0.4, -0.2) is 30.0 Å². The van der Waals surface area contributed by atoms with Gasteiger partial charge in [0.25, 0.3) is 11.6 Å². The van der Waals surface area contributed by atoms with Crippen molar-refractivity contribution in [2.24, 2.45) is 0 Å². The first-order valence-corrected chi connectivity index (χ1v) is 6.00. The Balaban J connectivity index is 2.50. The Morgan fingerprint density at radius 3 is 2.86 bits per heavy atom. The lowest BCUT2D eigenvalue weighted by Gasteiger charge is -2.02. The van der Waals surface area contributed by atoms with Gasteiger partial charge in [0, 0.05) is 24.8 Å². The largest absolute Gasteiger partial charge is 0.452 e. The first-order valence-electron chi connectivity index (χ1n) is 6.00. The van der Waals surface area contributed by atoms with Gasteiger partial charge in [-0.25, -0.2) is 4.79 Å². The van der Waals surface area contributed by atoms with E-state index in [-0.39, 0.29) is 5.69 Å². The molecule has 0 aliphatic carbocycles. The molecule has 1 aromatic carbocycles. The molecular weight excluding hydrogens is 276 g/mol. The predicted octanol–water partition coefficient (Wildman–Crippen LogP) is 1.45. The van der Waals surface area contributed by atoms with Crippen LogP contribution < -0.4 is 5.32 Å². The number of hydrogen-bond acceptors (Lipinski definition) is 5. The van der Waals surface area contributed by atoms with Crippen LogP contribution in [-0.2, 0) is 14.3 Å².